The molecule has 2 rings (SSSR count). The fourth-order valence-corrected chi connectivity index (χ4v) is 3.28. The Labute approximate surface area is 145 Å². The molecule has 1 aliphatic rings. The zero-order chi connectivity index (χ0) is 17.7. The highest BCUT2D eigenvalue weighted by molar-refractivity contribution is 5.97. The number of nitrogens with one attached hydrogen (secondary N) is 1. The molecule has 1 saturated heterocycles. The first-order chi connectivity index (χ1) is 11.4. The molecule has 132 valence electrons. The second-order valence-electron chi connectivity index (χ2n) is 7.37. The topological polar surface area (TPSA) is 49.4 Å². The quantitative estimate of drug-likeness (QED) is 0.899. The lowest BCUT2D eigenvalue weighted by molar-refractivity contribution is -0.136. The van der Waals surface area contributed by atoms with Gasteiger partial charge in [0.25, 0.3) is 5.91 Å². The van der Waals surface area contributed by atoms with Crippen LogP contribution in [0, 0.1) is 5.92 Å². The minimum Gasteiger partial charge on any atom is -0.341 e. The molecule has 2 amide bonds. The summed E-state index contributed by atoms with van der Waals surface area (Å²) in [5.74, 6) is 0.428. The van der Waals surface area contributed by atoms with Gasteiger partial charge in [-0.2, -0.15) is 0 Å². The molecule has 24 heavy (non-hydrogen) atoms. The predicted molar refractivity (Wildman–Crippen MR) is 96.9 cm³/mol. The fourth-order valence-electron chi connectivity index (χ4n) is 3.28. The summed E-state index contributed by atoms with van der Waals surface area (Å²) in [5.41, 5.74) is 1.83. The molecule has 1 heterocycles. The average Bonchev–Trinajstić information content (AvgIpc) is 2.54. The number of nitrogens with zero attached hydrogens (tertiary/aromatic N) is 1. The minimum absolute atomic E-state index is 0.0203. The van der Waals surface area contributed by atoms with Crippen molar-refractivity contribution in [2.75, 3.05) is 6.54 Å². The number of hydrogen-bond donors (Lipinski definition) is 1. The van der Waals surface area contributed by atoms with E-state index >= 15 is 0 Å². The summed E-state index contributed by atoms with van der Waals surface area (Å²) in [6.07, 6.45) is 4.27. The first-order valence-electron chi connectivity index (χ1n) is 9.08. The van der Waals surface area contributed by atoms with Crippen LogP contribution in [0.3, 0.4) is 0 Å². The lowest BCUT2D eigenvalue weighted by atomic mass is 10.0. The second-order valence-corrected chi connectivity index (χ2v) is 7.37. The van der Waals surface area contributed by atoms with Crippen LogP contribution in [-0.2, 0) is 11.2 Å². The van der Waals surface area contributed by atoms with Gasteiger partial charge in [0.05, 0.1) is 0 Å². The molecule has 4 heteroatoms. The van der Waals surface area contributed by atoms with Crippen molar-refractivity contribution in [3.63, 3.8) is 0 Å². The van der Waals surface area contributed by atoms with Gasteiger partial charge in [-0.3, -0.25) is 9.59 Å². The molecular weight excluding hydrogens is 300 g/mol. The maximum Gasteiger partial charge on any atom is 0.251 e. The van der Waals surface area contributed by atoms with Gasteiger partial charge >= 0.3 is 0 Å². The normalized spacial score (nSPS) is 19.2. The van der Waals surface area contributed by atoms with Crippen LogP contribution < -0.4 is 5.32 Å². The van der Waals surface area contributed by atoms with Gasteiger partial charge < -0.3 is 10.2 Å². The first kappa shape index (κ1) is 18.5. The standard InChI is InChI=1S/C20H30N2O2/c1-14(2)13-17-8-10-18(11-9-17)19(23)21-16(4)20(24)22-12-6-5-7-15(22)3/h8-11,14-16H,5-7,12-13H2,1-4H3,(H,21,23). The zero-order valence-electron chi connectivity index (χ0n) is 15.3. The lowest BCUT2D eigenvalue weighted by Crippen LogP contribution is -2.51. The molecule has 0 radical (unpaired) electrons. The van der Waals surface area contributed by atoms with E-state index in [-0.39, 0.29) is 17.9 Å². The maximum absolute atomic E-state index is 12.6. The van der Waals surface area contributed by atoms with Crippen LogP contribution in [-0.4, -0.2) is 35.3 Å². The molecule has 2 unspecified atom stereocenters. The predicted octanol–water partition coefficient (Wildman–Crippen LogP) is 3.40. The van der Waals surface area contributed by atoms with E-state index in [0.717, 1.165) is 25.8 Å². The van der Waals surface area contributed by atoms with Crippen molar-refractivity contribution in [3.8, 4) is 0 Å². The van der Waals surface area contributed by atoms with Crippen LogP contribution >= 0.6 is 0 Å². The number of benzene rings is 1. The van der Waals surface area contributed by atoms with E-state index < -0.39 is 6.04 Å². The van der Waals surface area contributed by atoms with Crippen LogP contribution in [0.1, 0.15) is 62.9 Å². The first-order valence-corrected chi connectivity index (χ1v) is 9.08. The molecule has 1 aromatic rings. The highest BCUT2D eigenvalue weighted by Crippen LogP contribution is 2.17. The largest absolute Gasteiger partial charge is 0.341 e. The van der Waals surface area contributed by atoms with Gasteiger partial charge in [-0.1, -0.05) is 26.0 Å². The average molecular weight is 330 g/mol. The van der Waals surface area contributed by atoms with Gasteiger partial charge in [-0.15, -0.1) is 0 Å². The van der Waals surface area contributed by atoms with E-state index in [0.29, 0.717) is 11.5 Å². The highest BCUT2D eigenvalue weighted by atomic mass is 16.2. The van der Waals surface area contributed by atoms with Crippen molar-refractivity contribution in [3.05, 3.63) is 35.4 Å². The SMILES string of the molecule is CC(C)Cc1ccc(C(=O)NC(C)C(=O)N2CCCCC2C)cc1. The van der Waals surface area contributed by atoms with Crippen LogP contribution in [0.5, 0.6) is 0 Å². The fraction of sp³-hybridized carbons (Fsp3) is 0.600. The van der Waals surface area contributed by atoms with Crippen molar-refractivity contribution in [2.24, 2.45) is 5.92 Å². The molecule has 1 N–H and O–H groups in total. The molecule has 1 fully saturated rings. The van der Waals surface area contributed by atoms with Gasteiger partial charge in [0.15, 0.2) is 0 Å². The molecule has 1 aliphatic heterocycles. The lowest BCUT2D eigenvalue weighted by Gasteiger charge is -2.35. The van der Waals surface area contributed by atoms with E-state index in [2.05, 4.69) is 26.1 Å². The van der Waals surface area contributed by atoms with Crippen molar-refractivity contribution in [2.45, 2.75) is 65.5 Å². The summed E-state index contributed by atoms with van der Waals surface area (Å²) >= 11 is 0. The zero-order valence-corrected chi connectivity index (χ0v) is 15.3. The monoisotopic (exact) mass is 330 g/mol. The molecule has 0 bridgehead atoms. The highest BCUT2D eigenvalue weighted by Gasteiger charge is 2.27. The summed E-state index contributed by atoms with van der Waals surface area (Å²) < 4.78 is 0. The van der Waals surface area contributed by atoms with Crippen LogP contribution in [0.4, 0.5) is 0 Å². The molecule has 4 nitrogen and oxygen atoms in total. The summed E-state index contributed by atoms with van der Waals surface area (Å²) in [6, 6.07) is 7.44. The van der Waals surface area contributed by atoms with Crippen molar-refractivity contribution >= 4 is 11.8 Å². The van der Waals surface area contributed by atoms with Gasteiger partial charge in [0, 0.05) is 18.2 Å². The molecule has 0 aliphatic carbocycles. The summed E-state index contributed by atoms with van der Waals surface area (Å²) in [6.45, 7) is 9.00. The van der Waals surface area contributed by atoms with Crippen LogP contribution in [0.15, 0.2) is 24.3 Å². The number of carbonyl (C=O) groups excluding carboxylic acids is 2. The Bertz CT molecular complexity index is 566. The van der Waals surface area contributed by atoms with Gasteiger partial charge in [-0.25, -0.2) is 0 Å². The van der Waals surface area contributed by atoms with E-state index in [9.17, 15) is 9.59 Å². The van der Waals surface area contributed by atoms with Gasteiger partial charge in [0.1, 0.15) is 6.04 Å². The van der Waals surface area contributed by atoms with Crippen LogP contribution in [0.25, 0.3) is 0 Å². The summed E-state index contributed by atoms with van der Waals surface area (Å²) in [7, 11) is 0. The Kier molecular flexibility index (Phi) is 6.41. The van der Waals surface area contributed by atoms with E-state index in [1.165, 1.54) is 12.0 Å². The minimum atomic E-state index is -0.492. The Hall–Kier alpha value is -1.84. The number of hydrogen-bond acceptors (Lipinski definition) is 2. The van der Waals surface area contributed by atoms with E-state index in [1.807, 2.05) is 29.2 Å². The number of carbonyl (C=O) groups is 2. The Morgan fingerprint density at radius 3 is 2.42 bits per heavy atom. The third-order valence-corrected chi connectivity index (χ3v) is 4.66. The van der Waals surface area contributed by atoms with Gasteiger partial charge in [0.2, 0.25) is 5.91 Å². The Morgan fingerprint density at radius 1 is 1.17 bits per heavy atom. The van der Waals surface area contributed by atoms with Crippen LogP contribution in [0.2, 0.25) is 0 Å². The Morgan fingerprint density at radius 2 is 1.83 bits per heavy atom. The molecular formula is C20H30N2O2. The number of rotatable bonds is 5. The summed E-state index contributed by atoms with van der Waals surface area (Å²) in [5, 5.41) is 2.84. The number of amides is 2. The second kappa shape index (κ2) is 8.32. The smallest absolute Gasteiger partial charge is 0.251 e. The molecule has 0 saturated carbocycles. The summed E-state index contributed by atoms with van der Waals surface area (Å²) in [4.78, 5) is 26.8. The third kappa shape index (κ3) is 4.83. The number of piperidine rings is 1. The Balaban J connectivity index is 1.94. The van der Waals surface area contributed by atoms with Gasteiger partial charge in [-0.05, 0) is 63.1 Å². The third-order valence-electron chi connectivity index (χ3n) is 4.66. The molecule has 2 atom stereocenters. The van der Waals surface area contributed by atoms with E-state index in [4.69, 9.17) is 0 Å². The van der Waals surface area contributed by atoms with Crippen molar-refractivity contribution < 1.29 is 9.59 Å². The molecule has 0 spiro atoms. The van der Waals surface area contributed by atoms with Crippen molar-refractivity contribution in [1.29, 1.82) is 0 Å². The van der Waals surface area contributed by atoms with Crippen molar-refractivity contribution in [1.82, 2.24) is 10.2 Å². The maximum atomic E-state index is 12.6. The van der Waals surface area contributed by atoms with E-state index in [1.54, 1.807) is 6.92 Å². The number of likely N-dealkylation sites (tertiary alicyclic amines) is 1. The molecule has 0 aromatic heterocycles. The molecule has 1 aromatic carbocycles.